The van der Waals surface area contributed by atoms with Crippen LogP contribution in [0.4, 0.5) is 5.82 Å². The number of rotatable bonds is 2. The molecule has 2 unspecified atom stereocenters. The van der Waals surface area contributed by atoms with Gasteiger partial charge in [0.25, 0.3) is 0 Å². The predicted molar refractivity (Wildman–Crippen MR) is 85.2 cm³/mol. The van der Waals surface area contributed by atoms with Crippen LogP contribution in [0.5, 0.6) is 0 Å². The van der Waals surface area contributed by atoms with Gasteiger partial charge in [-0.1, -0.05) is 20.8 Å². The maximum atomic E-state index is 6.22. The summed E-state index contributed by atoms with van der Waals surface area (Å²) in [5.41, 5.74) is 9.09. The summed E-state index contributed by atoms with van der Waals surface area (Å²) in [6.07, 6.45) is 4.87. The van der Waals surface area contributed by atoms with Crippen molar-refractivity contribution in [1.82, 2.24) is 9.78 Å². The number of nitrogens with two attached hydrogens (primary N) is 1. The molecule has 1 aromatic heterocycles. The van der Waals surface area contributed by atoms with E-state index >= 15 is 0 Å². The van der Waals surface area contributed by atoms with E-state index in [1.807, 2.05) is 11.7 Å². The number of ether oxygens (including phenoxy) is 1. The molecule has 1 fully saturated rings. The van der Waals surface area contributed by atoms with Crippen LogP contribution in [0.25, 0.3) is 0 Å². The Morgan fingerprint density at radius 2 is 2.05 bits per heavy atom. The fourth-order valence-electron chi connectivity index (χ4n) is 5.07. The van der Waals surface area contributed by atoms with Crippen LogP contribution in [0.3, 0.4) is 0 Å². The monoisotopic (exact) mass is 291 g/mol. The lowest BCUT2D eigenvalue weighted by molar-refractivity contribution is -0.107. The van der Waals surface area contributed by atoms with Gasteiger partial charge >= 0.3 is 0 Å². The summed E-state index contributed by atoms with van der Waals surface area (Å²) in [6, 6.07) is 0. The van der Waals surface area contributed by atoms with Crippen molar-refractivity contribution in [3.05, 3.63) is 11.3 Å². The minimum atomic E-state index is 0.139. The number of hydrogen-bond donors (Lipinski definition) is 1. The Kier molecular flexibility index (Phi) is 3.36. The molecule has 118 valence electrons. The molecule has 0 aromatic carbocycles. The summed E-state index contributed by atoms with van der Waals surface area (Å²) in [5, 5.41) is 4.79. The zero-order valence-electron chi connectivity index (χ0n) is 14.1. The second-order valence-electron chi connectivity index (χ2n) is 7.65. The Balaban J connectivity index is 2.03. The van der Waals surface area contributed by atoms with Crippen molar-refractivity contribution < 1.29 is 4.74 Å². The molecule has 2 aliphatic rings. The van der Waals surface area contributed by atoms with Crippen LogP contribution in [-0.4, -0.2) is 22.5 Å². The Hall–Kier alpha value is -1.03. The zero-order valence-corrected chi connectivity index (χ0v) is 14.1. The van der Waals surface area contributed by atoms with Crippen LogP contribution < -0.4 is 5.73 Å². The van der Waals surface area contributed by atoms with Gasteiger partial charge in [-0.25, -0.2) is 0 Å². The highest BCUT2D eigenvalue weighted by Gasteiger charge is 2.55. The third-order valence-electron chi connectivity index (χ3n) is 6.21. The minimum Gasteiger partial charge on any atom is -0.384 e. The molecule has 0 bridgehead atoms. The Bertz CT molecular complexity index is 548. The van der Waals surface area contributed by atoms with E-state index in [1.165, 1.54) is 17.7 Å². The molecule has 4 nitrogen and oxygen atoms in total. The van der Waals surface area contributed by atoms with Crippen molar-refractivity contribution in [3.8, 4) is 0 Å². The predicted octanol–water partition coefficient (Wildman–Crippen LogP) is 3.05. The molecular formula is C17H29N3O. The average Bonchev–Trinajstić information content (AvgIpc) is 2.71. The normalized spacial score (nSPS) is 34.3. The smallest absolute Gasteiger partial charge is 0.124 e. The number of anilines is 1. The van der Waals surface area contributed by atoms with Gasteiger partial charge < -0.3 is 10.5 Å². The number of nitrogen functional groups attached to an aromatic ring is 1. The average molecular weight is 291 g/mol. The van der Waals surface area contributed by atoms with Crippen LogP contribution in [0.15, 0.2) is 0 Å². The molecule has 0 radical (unpaired) electrons. The van der Waals surface area contributed by atoms with Crippen molar-refractivity contribution in [2.75, 3.05) is 12.3 Å². The van der Waals surface area contributed by atoms with E-state index in [1.54, 1.807) is 0 Å². The van der Waals surface area contributed by atoms with Crippen LogP contribution >= 0.6 is 0 Å². The van der Waals surface area contributed by atoms with Gasteiger partial charge in [0.2, 0.25) is 0 Å². The lowest BCUT2D eigenvalue weighted by Gasteiger charge is -2.55. The summed E-state index contributed by atoms with van der Waals surface area (Å²) >= 11 is 0. The molecule has 4 heteroatoms. The highest BCUT2D eigenvalue weighted by molar-refractivity contribution is 5.48. The van der Waals surface area contributed by atoms with Gasteiger partial charge in [-0.2, -0.15) is 5.10 Å². The lowest BCUT2D eigenvalue weighted by atomic mass is 9.50. The van der Waals surface area contributed by atoms with Gasteiger partial charge in [0.1, 0.15) is 5.82 Å². The highest BCUT2D eigenvalue weighted by atomic mass is 16.5. The molecule has 3 atom stereocenters. The van der Waals surface area contributed by atoms with Crippen molar-refractivity contribution in [1.29, 1.82) is 0 Å². The van der Waals surface area contributed by atoms with E-state index in [0.29, 0.717) is 12.0 Å². The van der Waals surface area contributed by atoms with E-state index in [-0.39, 0.29) is 10.8 Å². The van der Waals surface area contributed by atoms with E-state index < -0.39 is 0 Å². The summed E-state index contributed by atoms with van der Waals surface area (Å²) in [5.74, 6) is 1.46. The zero-order chi connectivity index (χ0) is 15.4. The number of nitrogens with zero attached hydrogens (tertiary/aromatic N) is 2. The topological polar surface area (TPSA) is 53.1 Å². The second kappa shape index (κ2) is 4.73. The van der Waals surface area contributed by atoms with Crippen molar-refractivity contribution in [3.63, 3.8) is 0 Å². The first-order valence-corrected chi connectivity index (χ1v) is 8.25. The molecule has 1 saturated carbocycles. The minimum absolute atomic E-state index is 0.139. The molecule has 2 aliphatic carbocycles. The standard InChI is InChI=1S/C17H29N3O/c1-6-21-13-9-10-17(4)12(16(13,2)3)8-7-11-14(17)19-20(5)15(11)18/h12-13H,6-10,18H2,1-5H3/t12-,13?,17?/m0/s1. The Labute approximate surface area is 128 Å². The Morgan fingerprint density at radius 3 is 2.71 bits per heavy atom. The van der Waals surface area contributed by atoms with Crippen molar-refractivity contribution >= 4 is 5.82 Å². The van der Waals surface area contributed by atoms with Gasteiger partial charge in [-0.3, -0.25) is 4.68 Å². The van der Waals surface area contributed by atoms with Gasteiger partial charge in [0.15, 0.2) is 0 Å². The lowest BCUT2D eigenvalue weighted by Crippen LogP contribution is -2.54. The summed E-state index contributed by atoms with van der Waals surface area (Å²) in [6.45, 7) is 10.1. The van der Waals surface area contributed by atoms with Gasteiger partial charge in [-0.05, 0) is 43.9 Å². The van der Waals surface area contributed by atoms with E-state index in [4.69, 9.17) is 15.6 Å². The van der Waals surface area contributed by atoms with Gasteiger partial charge in [-0.15, -0.1) is 0 Å². The maximum Gasteiger partial charge on any atom is 0.124 e. The van der Waals surface area contributed by atoms with Crippen LogP contribution in [0.1, 0.15) is 58.2 Å². The molecule has 0 spiro atoms. The van der Waals surface area contributed by atoms with Crippen molar-refractivity contribution in [2.24, 2.45) is 18.4 Å². The maximum absolute atomic E-state index is 6.22. The largest absolute Gasteiger partial charge is 0.384 e. The number of fused-ring (bicyclic) bond motifs is 3. The molecule has 21 heavy (non-hydrogen) atoms. The Morgan fingerprint density at radius 1 is 1.33 bits per heavy atom. The molecule has 3 rings (SSSR count). The first kappa shape index (κ1) is 14.9. The third kappa shape index (κ3) is 1.95. The molecule has 1 heterocycles. The summed E-state index contributed by atoms with van der Waals surface area (Å²) in [4.78, 5) is 0. The molecule has 0 amide bonds. The first-order valence-electron chi connectivity index (χ1n) is 8.25. The second-order valence-corrected chi connectivity index (χ2v) is 7.65. The van der Waals surface area contributed by atoms with Crippen LogP contribution in [0, 0.1) is 11.3 Å². The molecular weight excluding hydrogens is 262 g/mol. The van der Waals surface area contributed by atoms with E-state index in [9.17, 15) is 0 Å². The molecule has 2 N–H and O–H groups in total. The van der Waals surface area contributed by atoms with E-state index in [2.05, 4.69) is 27.7 Å². The summed E-state index contributed by atoms with van der Waals surface area (Å²) in [7, 11) is 1.96. The number of aryl methyl sites for hydroxylation is 1. The van der Waals surface area contributed by atoms with Crippen molar-refractivity contribution in [2.45, 2.75) is 64.9 Å². The highest BCUT2D eigenvalue weighted by Crippen LogP contribution is 2.57. The fourth-order valence-corrected chi connectivity index (χ4v) is 5.07. The molecule has 1 aromatic rings. The summed E-state index contributed by atoms with van der Waals surface area (Å²) < 4.78 is 7.92. The van der Waals surface area contributed by atoms with Gasteiger partial charge in [0.05, 0.1) is 11.8 Å². The number of hydrogen-bond acceptors (Lipinski definition) is 3. The van der Waals surface area contributed by atoms with Crippen LogP contribution in [-0.2, 0) is 23.6 Å². The van der Waals surface area contributed by atoms with Gasteiger partial charge in [0, 0.05) is 24.6 Å². The third-order valence-corrected chi connectivity index (χ3v) is 6.21. The first-order chi connectivity index (χ1) is 9.82. The van der Waals surface area contributed by atoms with Crippen LogP contribution in [0.2, 0.25) is 0 Å². The molecule has 0 aliphatic heterocycles. The quantitative estimate of drug-likeness (QED) is 0.911. The fraction of sp³-hybridized carbons (Fsp3) is 0.824. The number of aromatic nitrogens is 2. The molecule has 0 saturated heterocycles. The SMILES string of the molecule is CCOC1CCC2(C)c3nn(C)c(N)c3CC[C@H]2C1(C)C. The van der Waals surface area contributed by atoms with E-state index in [0.717, 1.165) is 31.7 Å².